The largest absolute Gasteiger partial charge is 0.437 e. The van der Waals surface area contributed by atoms with Gasteiger partial charge in [0.15, 0.2) is 11.5 Å². The number of hydrogen-bond acceptors (Lipinski definition) is 6. The number of halogens is 3. The van der Waals surface area contributed by atoms with Crippen LogP contribution in [-0.2, 0) is 23.9 Å². The Balaban J connectivity index is 1.61. The quantitative estimate of drug-likeness (QED) is 0.228. The van der Waals surface area contributed by atoms with E-state index in [0.717, 1.165) is 50.2 Å². The maximum atomic E-state index is 13.8. The zero-order chi connectivity index (χ0) is 28.9. The van der Waals surface area contributed by atoms with E-state index in [1.165, 1.54) is 23.3 Å². The van der Waals surface area contributed by atoms with Crippen LogP contribution in [0, 0.1) is 17.3 Å². The molecule has 0 bridgehead atoms. The summed E-state index contributed by atoms with van der Waals surface area (Å²) in [5.41, 5.74) is 2.54. The molecule has 2 fully saturated rings. The standard InChI is InChI=1S/C31H36F3NO5/c1-18(36)40-35-28(31(32,33)34)20-7-5-19(6-8-20)25-16-29(2)26(13-14-30(29,39-4)17-38-3)24-11-9-21-15-22(37)10-12-23(21)27(24)25/h5-8,15,24-26H,9-14,16-17H2,1-4H3/b35-28-/t24-,25+,26-,29-,30+/m0/s1. The average Bonchev–Trinajstić information content (AvgIpc) is 3.19. The van der Waals surface area contributed by atoms with Crippen molar-refractivity contribution in [2.24, 2.45) is 22.4 Å². The first-order valence-electron chi connectivity index (χ1n) is 13.9. The van der Waals surface area contributed by atoms with Crippen LogP contribution in [0.3, 0.4) is 0 Å². The molecular weight excluding hydrogens is 523 g/mol. The number of benzene rings is 1. The molecule has 0 spiro atoms. The minimum absolute atomic E-state index is 0.0450. The smallest absolute Gasteiger partial charge is 0.382 e. The van der Waals surface area contributed by atoms with Gasteiger partial charge in [0, 0.05) is 44.5 Å². The first-order valence-corrected chi connectivity index (χ1v) is 13.9. The third-order valence-corrected chi connectivity index (χ3v) is 9.91. The minimum Gasteiger partial charge on any atom is -0.382 e. The van der Waals surface area contributed by atoms with E-state index >= 15 is 0 Å². The van der Waals surface area contributed by atoms with Gasteiger partial charge >= 0.3 is 12.1 Å². The number of fused-ring (bicyclic) bond motifs is 4. The predicted molar refractivity (Wildman–Crippen MR) is 143 cm³/mol. The van der Waals surface area contributed by atoms with Crippen molar-refractivity contribution in [1.82, 2.24) is 0 Å². The molecule has 0 radical (unpaired) electrons. The van der Waals surface area contributed by atoms with E-state index in [2.05, 4.69) is 16.9 Å². The fraction of sp³-hybridized carbons (Fsp3) is 0.581. The second-order valence-electron chi connectivity index (χ2n) is 11.8. The van der Waals surface area contributed by atoms with E-state index in [9.17, 15) is 22.8 Å². The van der Waals surface area contributed by atoms with Crippen molar-refractivity contribution in [2.45, 2.75) is 76.5 Å². The number of ketones is 1. The fourth-order valence-corrected chi connectivity index (χ4v) is 8.15. The van der Waals surface area contributed by atoms with Crippen LogP contribution >= 0.6 is 0 Å². The van der Waals surface area contributed by atoms with E-state index in [0.29, 0.717) is 31.3 Å². The van der Waals surface area contributed by atoms with Gasteiger partial charge in [-0.25, -0.2) is 4.79 Å². The third-order valence-electron chi connectivity index (χ3n) is 9.91. The van der Waals surface area contributed by atoms with Gasteiger partial charge in [0.25, 0.3) is 0 Å². The maximum absolute atomic E-state index is 13.8. The van der Waals surface area contributed by atoms with Crippen LogP contribution in [0.5, 0.6) is 0 Å². The lowest BCUT2D eigenvalue weighted by molar-refractivity contribution is -0.149. The Hall–Kier alpha value is -2.78. The predicted octanol–water partition coefficient (Wildman–Crippen LogP) is 6.45. The summed E-state index contributed by atoms with van der Waals surface area (Å²) in [6.45, 7) is 3.77. The van der Waals surface area contributed by atoms with Crippen molar-refractivity contribution >= 4 is 17.5 Å². The van der Waals surface area contributed by atoms with Gasteiger partial charge in [0.1, 0.15) is 0 Å². The van der Waals surface area contributed by atoms with Gasteiger partial charge in [-0.05, 0) is 73.1 Å². The number of allylic oxidation sites excluding steroid dienone is 4. The minimum atomic E-state index is -4.79. The van der Waals surface area contributed by atoms with Crippen molar-refractivity contribution in [1.29, 1.82) is 0 Å². The van der Waals surface area contributed by atoms with Crippen LogP contribution in [0.1, 0.15) is 75.8 Å². The van der Waals surface area contributed by atoms with Gasteiger partial charge in [-0.3, -0.25) is 4.79 Å². The number of oxime groups is 1. The molecule has 0 unspecified atom stereocenters. The van der Waals surface area contributed by atoms with Gasteiger partial charge in [0.05, 0.1) is 12.2 Å². The number of methoxy groups -OCH3 is 2. The Morgan fingerprint density at radius 1 is 1.10 bits per heavy atom. The molecule has 5 rings (SSSR count). The van der Waals surface area contributed by atoms with Crippen molar-refractivity contribution in [3.05, 3.63) is 58.2 Å². The fourth-order valence-electron chi connectivity index (χ4n) is 8.15. The Bertz CT molecular complexity index is 1280. The number of ether oxygens (including phenoxy) is 2. The summed E-state index contributed by atoms with van der Waals surface area (Å²) in [6, 6.07) is 6.26. The lowest BCUT2D eigenvalue weighted by atomic mass is 9.51. The number of carbonyl (C=O) groups excluding carboxylic acids is 2. The van der Waals surface area contributed by atoms with Gasteiger partial charge in [0.2, 0.25) is 0 Å². The highest BCUT2D eigenvalue weighted by Crippen LogP contribution is 2.67. The van der Waals surface area contributed by atoms with Crippen LogP contribution < -0.4 is 0 Å². The molecule has 0 aromatic heterocycles. The summed E-state index contributed by atoms with van der Waals surface area (Å²) in [4.78, 5) is 27.8. The Kier molecular flexibility index (Phi) is 7.59. The molecule has 4 aliphatic carbocycles. The Morgan fingerprint density at radius 2 is 1.82 bits per heavy atom. The van der Waals surface area contributed by atoms with Gasteiger partial charge in [-0.2, -0.15) is 13.2 Å². The molecule has 0 amide bonds. The van der Waals surface area contributed by atoms with Gasteiger partial charge < -0.3 is 14.3 Å². The van der Waals surface area contributed by atoms with Crippen molar-refractivity contribution in [3.8, 4) is 0 Å². The molecule has 40 heavy (non-hydrogen) atoms. The molecule has 0 aliphatic heterocycles. The second kappa shape index (κ2) is 10.6. The summed E-state index contributed by atoms with van der Waals surface area (Å²) >= 11 is 0. The van der Waals surface area contributed by atoms with E-state index in [1.807, 2.05) is 0 Å². The van der Waals surface area contributed by atoms with Crippen LogP contribution in [0.4, 0.5) is 13.2 Å². The lowest BCUT2D eigenvalue weighted by Crippen LogP contribution is -2.54. The highest BCUT2D eigenvalue weighted by molar-refractivity contribution is 6.04. The topological polar surface area (TPSA) is 74.2 Å². The van der Waals surface area contributed by atoms with E-state index in [-0.39, 0.29) is 22.7 Å². The number of alkyl halides is 3. The third kappa shape index (κ3) is 4.75. The SMILES string of the molecule is COC[C@]1(OC)CC[C@H]2[C@@H]3CCC4=CC(=O)CCC4=C3[C@@H](c3ccc(/C(=N/OC(C)=O)C(F)(F)F)cc3)C[C@@]21C. The first-order chi connectivity index (χ1) is 18.9. The molecule has 0 heterocycles. The van der Waals surface area contributed by atoms with Crippen molar-refractivity contribution in [3.63, 3.8) is 0 Å². The summed E-state index contributed by atoms with van der Waals surface area (Å²) in [7, 11) is 3.44. The average molecular weight is 560 g/mol. The summed E-state index contributed by atoms with van der Waals surface area (Å²) in [5, 5.41) is 3.10. The molecule has 1 aromatic rings. The zero-order valence-electron chi connectivity index (χ0n) is 23.4. The lowest BCUT2D eigenvalue weighted by Gasteiger charge is -2.55. The molecule has 0 saturated heterocycles. The van der Waals surface area contributed by atoms with Crippen LogP contribution in [0.2, 0.25) is 0 Å². The molecule has 6 nitrogen and oxygen atoms in total. The molecule has 1 aromatic carbocycles. The number of rotatable bonds is 6. The monoisotopic (exact) mass is 559 g/mol. The molecule has 2 saturated carbocycles. The molecule has 4 aliphatic rings. The first kappa shape index (κ1) is 28.7. The van der Waals surface area contributed by atoms with Gasteiger partial charge in [-0.15, -0.1) is 0 Å². The number of hydrogen-bond donors (Lipinski definition) is 0. The Morgan fingerprint density at radius 3 is 2.45 bits per heavy atom. The second-order valence-corrected chi connectivity index (χ2v) is 11.8. The molecule has 9 heteroatoms. The maximum Gasteiger partial charge on any atom is 0.437 e. The van der Waals surface area contributed by atoms with Crippen LogP contribution in [0.15, 0.2) is 52.2 Å². The number of nitrogens with zero attached hydrogens (tertiary/aromatic N) is 1. The highest BCUT2D eigenvalue weighted by Gasteiger charge is 2.63. The summed E-state index contributed by atoms with van der Waals surface area (Å²) in [5.74, 6) is -0.132. The highest BCUT2D eigenvalue weighted by atomic mass is 19.4. The van der Waals surface area contributed by atoms with Crippen molar-refractivity contribution in [2.75, 3.05) is 20.8 Å². The number of carbonyl (C=O) groups is 2. The van der Waals surface area contributed by atoms with Crippen LogP contribution in [-0.4, -0.2) is 50.1 Å². The van der Waals surface area contributed by atoms with E-state index in [4.69, 9.17) is 9.47 Å². The van der Waals surface area contributed by atoms with E-state index < -0.39 is 23.5 Å². The van der Waals surface area contributed by atoms with Gasteiger partial charge in [-0.1, -0.05) is 41.9 Å². The molecule has 5 atom stereocenters. The Labute approximate surface area is 232 Å². The molecular formula is C31H36F3NO5. The zero-order valence-corrected chi connectivity index (χ0v) is 23.4. The van der Waals surface area contributed by atoms with Crippen LogP contribution in [0.25, 0.3) is 0 Å². The summed E-state index contributed by atoms with van der Waals surface area (Å²) < 4.78 is 53.2. The molecule has 0 N–H and O–H groups in total. The normalized spacial score (nSPS) is 32.3. The van der Waals surface area contributed by atoms with E-state index in [1.54, 1.807) is 32.4 Å². The molecule has 216 valence electrons. The van der Waals surface area contributed by atoms with Crippen molar-refractivity contribution < 1.29 is 37.1 Å². The summed E-state index contributed by atoms with van der Waals surface area (Å²) in [6.07, 6.45) is 2.65.